The van der Waals surface area contributed by atoms with Gasteiger partial charge in [-0.25, -0.2) is 5.43 Å². The Kier molecular flexibility index (Phi) is 9.03. The molecule has 1 heterocycles. The topological polar surface area (TPSA) is 114 Å². The Morgan fingerprint density at radius 1 is 1.18 bits per heavy atom. The molecule has 0 aliphatic rings. The Hall–Kier alpha value is -3.83. The van der Waals surface area contributed by atoms with Crippen molar-refractivity contribution in [2.45, 2.75) is 30.8 Å². The maximum Gasteiger partial charge on any atom is 0.253 e. The zero-order chi connectivity index (χ0) is 27.1. The number of anilines is 1. The van der Waals surface area contributed by atoms with E-state index >= 15 is 0 Å². The number of nitrogens with zero attached hydrogens (tertiary/aromatic N) is 4. The van der Waals surface area contributed by atoms with Crippen LogP contribution in [0.25, 0.3) is 5.69 Å². The van der Waals surface area contributed by atoms with Gasteiger partial charge >= 0.3 is 0 Å². The van der Waals surface area contributed by atoms with Gasteiger partial charge in [0.2, 0.25) is 0 Å². The number of hydrogen-bond donors (Lipinski definition) is 3. The van der Waals surface area contributed by atoms with Crippen LogP contribution in [0.15, 0.2) is 81.5 Å². The van der Waals surface area contributed by atoms with E-state index in [0.29, 0.717) is 33.3 Å². The molecule has 1 unspecified atom stereocenters. The van der Waals surface area contributed by atoms with Gasteiger partial charge in [-0.05, 0) is 49.7 Å². The fourth-order valence-corrected chi connectivity index (χ4v) is 4.92. The highest BCUT2D eigenvalue weighted by Crippen LogP contribution is 2.32. The first-order valence-corrected chi connectivity index (χ1v) is 13.4. The molecule has 0 aliphatic heterocycles. The molecule has 4 rings (SSSR count). The second kappa shape index (κ2) is 12.6. The summed E-state index contributed by atoms with van der Waals surface area (Å²) in [5.74, 6) is 0.615. The third-order valence-corrected chi connectivity index (χ3v) is 7.12. The van der Waals surface area contributed by atoms with E-state index < -0.39 is 5.25 Å². The van der Waals surface area contributed by atoms with Crippen molar-refractivity contribution in [2.75, 3.05) is 12.4 Å². The number of rotatable bonds is 10. The van der Waals surface area contributed by atoms with Crippen LogP contribution < -0.4 is 15.5 Å². The maximum atomic E-state index is 12.8. The molecular weight excluding hydrogens is 568 g/mol. The van der Waals surface area contributed by atoms with Crippen LogP contribution in [0.2, 0.25) is 0 Å². The van der Waals surface area contributed by atoms with Gasteiger partial charge in [-0.2, -0.15) is 5.10 Å². The Morgan fingerprint density at radius 3 is 2.66 bits per heavy atom. The van der Waals surface area contributed by atoms with E-state index in [4.69, 9.17) is 4.74 Å². The van der Waals surface area contributed by atoms with Gasteiger partial charge in [0.1, 0.15) is 0 Å². The number of carbonyl (C=O) groups excluding carboxylic acids is 1. The van der Waals surface area contributed by atoms with E-state index in [2.05, 4.69) is 42.0 Å². The van der Waals surface area contributed by atoms with Crippen molar-refractivity contribution in [3.63, 3.8) is 0 Å². The molecule has 3 N–H and O–H groups in total. The van der Waals surface area contributed by atoms with Crippen molar-refractivity contribution in [3.8, 4) is 17.2 Å². The monoisotopic (exact) mass is 594 g/mol. The summed E-state index contributed by atoms with van der Waals surface area (Å²) in [4.78, 5) is 12.8. The molecule has 38 heavy (non-hydrogen) atoms. The molecule has 0 spiro atoms. The smallest absolute Gasteiger partial charge is 0.253 e. The molecule has 0 radical (unpaired) electrons. The summed E-state index contributed by atoms with van der Waals surface area (Å²) in [5.41, 5.74) is 5.97. The van der Waals surface area contributed by atoms with Gasteiger partial charge in [0.15, 0.2) is 22.5 Å². The van der Waals surface area contributed by atoms with Gasteiger partial charge in [0, 0.05) is 21.4 Å². The molecule has 0 aliphatic carbocycles. The first kappa shape index (κ1) is 27.2. The normalized spacial score (nSPS) is 11.9. The van der Waals surface area contributed by atoms with E-state index in [9.17, 15) is 9.90 Å². The van der Waals surface area contributed by atoms with Crippen molar-refractivity contribution >= 4 is 45.5 Å². The summed E-state index contributed by atoms with van der Waals surface area (Å²) in [5, 5.41) is 26.6. The van der Waals surface area contributed by atoms with Gasteiger partial charge in [-0.15, -0.1) is 10.2 Å². The lowest BCUT2D eigenvalue weighted by atomic mass is 10.2. The predicted octanol–water partition coefficient (Wildman–Crippen LogP) is 5.30. The summed E-state index contributed by atoms with van der Waals surface area (Å²) in [6.07, 6.45) is 1.36. The molecule has 0 saturated carbocycles. The van der Waals surface area contributed by atoms with Crippen molar-refractivity contribution in [1.29, 1.82) is 0 Å². The number of nitrogens with one attached hydrogen (secondary N) is 2. The fraction of sp³-hybridized carbons (Fsp3) is 0.185. The molecule has 1 aromatic heterocycles. The lowest BCUT2D eigenvalue weighted by Gasteiger charge is -2.14. The van der Waals surface area contributed by atoms with Gasteiger partial charge < -0.3 is 15.2 Å². The second-order valence-corrected chi connectivity index (χ2v) is 10.5. The highest BCUT2D eigenvalue weighted by Gasteiger charge is 2.21. The third kappa shape index (κ3) is 6.53. The summed E-state index contributed by atoms with van der Waals surface area (Å²) in [6, 6.07) is 21.1. The molecule has 196 valence electrons. The lowest BCUT2D eigenvalue weighted by Crippen LogP contribution is -2.27. The van der Waals surface area contributed by atoms with Crippen LogP contribution in [-0.4, -0.2) is 44.4 Å². The number of thioether (sulfide) groups is 1. The molecule has 0 bridgehead atoms. The average Bonchev–Trinajstić information content (AvgIpc) is 3.32. The summed E-state index contributed by atoms with van der Waals surface area (Å²) >= 11 is 4.64. The number of aromatic hydroxyl groups is 1. The lowest BCUT2D eigenvalue weighted by molar-refractivity contribution is -0.120. The number of aromatic nitrogens is 3. The number of phenols is 1. The molecule has 3 aromatic carbocycles. The number of amides is 1. The Labute approximate surface area is 233 Å². The molecule has 11 heteroatoms. The van der Waals surface area contributed by atoms with Crippen LogP contribution in [0.3, 0.4) is 0 Å². The van der Waals surface area contributed by atoms with Crippen LogP contribution in [0.4, 0.5) is 5.69 Å². The minimum absolute atomic E-state index is 0.0704. The standard InChI is InChI=1S/C27H27BrN6O3S/c1-17-9-7-8-12-22(17)29-16-24-31-33-27(34(24)21-10-5-4-6-11-21)38-18(2)26(36)32-30-15-19-13-20(28)14-23(37-3)25(19)35/h4-15,18,29,35H,16H2,1-3H3,(H,32,36). The van der Waals surface area contributed by atoms with Crippen LogP contribution in [0, 0.1) is 6.92 Å². The number of hydrogen-bond acceptors (Lipinski definition) is 8. The first-order valence-electron chi connectivity index (χ1n) is 11.7. The highest BCUT2D eigenvalue weighted by molar-refractivity contribution is 9.10. The van der Waals surface area contributed by atoms with Gasteiger partial charge in [-0.3, -0.25) is 9.36 Å². The number of benzene rings is 3. The first-order chi connectivity index (χ1) is 18.4. The fourth-order valence-electron chi connectivity index (χ4n) is 3.59. The minimum Gasteiger partial charge on any atom is -0.504 e. The predicted molar refractivity (Wildman–Crippen MR) is 153 cm³/mol. The molecule has 0 fully saturated rings. The molecular formula is C27H27BrN6O3S. The van der Waals surface area contributed by atoms with Crippen molar-refractivity contribution in [1.82, 2.24) is 20.2 Å². The molecule has 1 amide bonds. The third-order valence-electron chi connectivity index (χ3n) is 5.62. The highest BCUT2D eigenvalue weighted by atomic mass is 79.9. The van der Waals surface area contributed by atoms with Gasteiger partial charge in [0.05, 0.1) is 25.1 Å². The Balaban J connectivity index is 1.48. The van der Waals surface area contributed by atoms with Crippen LogP contribution in [-0.2, 0) is 11.3 Å². The van der Waals surface area contributed by atoms with E-state index in [1.165, 1.54) is 25.1 Å². The molecule has 4 aromatic rings. The molecule has 1 atom stereocenters. The number of hydrazone groups is 1. The number of methoxy groups -OCH3 is 1. The van der Waals surface area contributed by atoms with Crippen molar-refractivity contribution in [2.24, 2.45) is 5.10 Å². The van der Waals surface area contributed by atoms with E-state index in [-0.39, 0.29) is 11.7 Å². The summed E-state index contributed by atoms with van der Waals surface area (Å²) in [6.45, 7) is 4.27. The molecule has 9 nitrogen and oxygen atoms in total. The van der Waals surface area contributed by atoms with Crippen LogP contribution in [0.5, 0.6) is 11.5 Å². The maximum absolute atomic E-state index is 12.8. The quantitative estimate of drug-likeness (QED) is 0.130. The van der Waals surface area contributed by atoms with E-state index in [1.807, 2.05) is 66.1 Å². The zero-order valence-corrected chi connectivity index (χ0v) is 23.5. The van der Waals surface area contributed by atoms with E-state index in [1.54, 1.807) is 19.1 Å². The zero-order valence-electron chi connectivity index (χ0n) is 21.1. The Morgan fingerprint density at radius 2 is 1.92 bits per heavy atom. The summed E-state index contributed by atoms with van der Waals surface area (Å²) in [7, 11) is 1.46. The van der Waals surface area contributed by atoms with Crippen LogP contribution >= 0.6 is 27.7 Å². The van der Waals surface area contributed by atoms with E-state index in [0.717, 1.165) is 16.9 Å². The SMILES string of the molecule is COc1cc(Br)cc(C=NNC(=O)C(C)Sc2nnc(CNc3ccccc3C)n2-c2ccccc2)c1O. The number of ether oxygens (including phenoxy) is 1. The Bertz CT molecular complexity index is 1440. The second-order valence-electron chi connectivity index (χ2n) is 8.28. The average molecular weight is 596 g/mol. The number of phenolic OH excluding ortho intramolecular Hbond substituents is 1. The molecule has 0 saturated heterocycles. The van der Waals surface area contributed by atoms with Crippen molar-refractivity contribution in [3.05, 3.63) is 88.2 Å². The van der Waals surface area contributed by atoms with Crippen molar-refractivity contribution < 1.29 is 14.6 Å². The van der Waals surface area contributed by atoms with Gasteiger partial charge in [0.25, 0.3) is 5.91 Å². The number of para-hydroxylation sites is 2. The number of aryl methyl sites for hydroxylation is 1. The number of halogens is 1. The number of carbonyl (C=O) groups is 1. The largest absolute Gasteiger partial charge is 0.504 e. The van der Waals surface area contributed by atoms with Crippen LogP contribution in [0.1, 0.15) is 23.9 Å². The van der Waals surface area contributed by atoms with Gasteiger partial charge in [-0.1, -0.05) is 64.1 Å². The summed E-state index contributed by atoms with van der Waals surface area (Å²) < 4.78 is 7.79. The minimum atomic E-state index is -0.526.